The highest BCUT2D eigenvalue weighted by atomic mass is 16.5. The van der Waals surface area contributed by atoms with Crippen LogP contribution >= 0.6 is 0 Å². The molecule has 0 fully saturated rings. The number of benzene rings is 2. The molecule has 0 N–H and O–H groups in total. The Balaban J connectivity index is 2.40. The standard InChI is InChI=1S/C17H19O2/c1-12-5-7-16(18-3)14(9-12)11-15-10-13(2)6-8-17(15)19-4/h5-11H,1-4H3. The van der Waals surface area contributed by atoms with Gasteiger partial charge in [0.2, 0.25) is 0 Å². The molecule has 0 amide bonds. The molecule has 1 radical (unpaired) electrons. The predicted molar refractivity (Wildman–Crippen MR) is 78.0 cm³/mol. The summed E-state index contributed by atoms with van der Waals surface area (Å²) >= 11 is 0. The van der Waals surface area contributed by atoms with Crippen LogP contribution in [0, 0.1) is 20.3 Å². The van der Waals surface area contributed by atoms with E-state index in [-0.39, 0.29) is 0 Å². The Morgan fingerprint density at radius 2 is 1.16 bits per heavy atom. The van der Waals surface area contributed by atoms with E-state index in [0.717, 1.165) is 22.6 Å². The van der Waals surface area contributed by atoms with Gasteiger partial charge >= 0.3 is 0 Å². The van der Waals surface area contributed by atoms with Crippen LogP contribution in [0.1, 0.15) is 22.3 Å². The maximum absolute atomic E-state index is 5.40. The van der Waals surface area contributed by atoms with Gasteiger partial charge in [-0.1, -0.05) is 35.4 Å². The van der Waals surface area contributed by atoms with Crippen LogP contribution in [-0.2, 0) is 0 Å². The van der Waals surface area contributed by atoms with Crippen LogP contribution in [0.2, 0.25) is 0 Å². The van der Waals surface area contributed by atoms with Crippen molar-refractivity contribution in [2.24, 2.45) is 0 Å². The Bertz CT molecular complexity index is 522. The number of ether oxygens (including phenoxy) is 2. The summed E-state index contributed by atoms with van der Waals surface area (Å²) in [5.74, 6) is 1.74. The first-order valence-corrected chi connectivity index (χ1v) is 6.28. The highest BCUT2D eigenvalue weighted by Gasteiger charge is 2.09. The quantitative estimate of drug-likeness (QED) is 0.824. The number of hydrogen-bond acceptors (Lipinski definition) is 2. The fraction of sp³-hybridized carbons (Fsp3) is 0.235. The van der Waals surface area contributed by atoms with Gasteiger partial charge in [-0.3, -0.25) is 0 Å². The first kappa shape index (κ1) is 13.5. The van der Waals surface area contributed by atoms with Gasteiger partial charge in [0.25, 0.3) is 0 Å². The molecule has 2 aromatic carbocycles. The minimum Gasteiger partial charge on any atom is -0.496 e. The molecule has 2 rings (SSSR count). The summed E-state index contributed by atoms with van der Waals surface area (Å²) in [5.41, 5.74) is 4.54. The molecular formula is C17H19O2. The molecule has 2 nitrogen and oxygen atoms in total. The van der Waals surface area contributed by atoms with E-state index in [1.165, 1.54) is 11.1 Å². The molecule has 0 unspecified atom stereocenters. The molecule has 0 atom stereocenters. The smallest absolute Gasteiger partial charge is 0.122 e. The molecule has 0 aromatic heterocycles. The molecule has 2 aromatic rings. The Morgan fingerprint density at radius 1 is 0.737 bits per heavy atom. The van der Waals surface area contributed by atoms with Crippen LogP contribution in [-0.4, -0.2) is 14.2 Å². The number of methoxy groups -OCH3 is 2. The van der Waals surface area contributed by atoms with Crippen LogP contribution in [0.25, 0.3) is 0 Å². The Kier molecular flexibility index (Phi) is 4.10. The zero-order valence-corrected chi connectivity index (χ0v) is 11.9. The topological polar surface area (TPSA) is 18.5 Å². The van der Waals surface area contributed by atoms with Gasteiger partial charge in [-0.15, -0.1) is 0 Å². The monoisotopic (exact) mass is 255 g/mol. The van der Waals surface area contributed by atoms with E-state index in [1.54, 1.807) is 14.2 Å². The number of rotatable bonds is 4. The molecule has 0 aliphatic carbocycles. The van der Waals surface area contributed by atoms with Crippen LogP contribution < -0.4 is 9.47 Å². The third kappa shape index (κ3) is 3.08. The van der Waals surface area contributed by atoms with E-state index in [2.05, 4.69) is 32.4 Å². The van der Waals surface area contributed by atoms with Gasteiger partial charge in [-0.25, -0.2) is 0 Å². The van der Waals surface area contributed by atoms with Crippen molar-refractivity contribution in [2.75, 3.05) is 14.2 Å². The van der Waals surface area contributed by atoms with Crippen molar-refractivity contribution < 1.29 is 9.47 Å². The maximum atomic E-state index is 5.40. The first-order chi connectivity index (χ1) is 9.13. The molecule has 0 spiro atoms. The summed E-state index contributed by atoms with van der Waals surface area (Å²) < 4.78 is 10.8. The maximum Gasteiger partial charge on any atom is 0.122 e. The second-order valence-corrected chi connectivity index (χ2v) is 4.64. The lowest BCUT2D eigenvalue weighted by molar-refractivity contribution is 0.409. The molecule has 0 saturated heterocycles. The first-order valence-electron chi connectivity index (χ1n) is 6.28. The van der Waals surface area contributed by atoms with Gasteiger partial charge in [0.1, 0.15) is 11.5 Å². The molecule has 0 aliphatic rings. The third-order valence-electron chi connectivity index (χ3n) is 3.08. The van der Waals surface area contributed by atoms with E-state index in [9.17, 15) is 0 Å². The van der Waals surface area contributed by atoms with Gasteiger partial charge in [0.15, 0.2) is 0 Å². The summed E-state index contributed by atoms with van der Waals surface area (Å²) in [7, 11) is 3.38. The lowest BCUT2D eigenvalue weighted by atomic mass is 10.00. The summed E-state index contributed by atoms with van der Waals surface area (Å²) in [6.45, 7) is 4.15. The van der Waals surface area contributed by atoms with Crippen molar-refractivity contribution in [2.45, 2.75) is 13.8 Å². The largest absolute Gasteiger partial charge is 0.496 e. The second kappa shape index (κ2) is 5.79. The van der Waals surface area contributed by atoms with Crippen molar-refractivity contribution >= 4 is 0 Å². The lowest BCUT2D eigenvalue weighted by Crippen LogP contribution is -1.96. The van der Waals surface area contributed by atoms with E-state index in [1.807, 2.05) is 24.3 Å². The Morgan fingerprint density at radius 3 is 1.53 bits per heavy atom. The molecular weight excluding hydrogens is 236 g/mol. The SMILES string of the molecule is COc1ccc(C)cc1[CH]c1cc(C)ccc1OC. The zero-order chi connectivity index (χ0) is 13.8. The van der Waals surface area contributed by atoms with E-state index >= 15 is 0 Å². The lowest BCUT2D eigenvalue weighted by Gasteiger charge is -2.12. The van der Waals surface area contributed by atoms with Gasteiger partial charge < -0.3 is 9.47 Å². The fourth-order valence-electron chi connectivity index (χ4n) is 2.10. The average Bonchev–Trinajstić information content (AvgIpc) is 2.39. The minimum absolute atomic E-state index is 0.870. The van der Waals surface area contributed by atoms with Crippen molar-refractivity contribution in [3.05, 3.63) is 65.1 Å². The van der Waals surface area contributed by atoms with Gasteiger partial charge in [-0.05, 0) is 26.0 Å². The average molecular weight is 255 g/mol. The van der Waals surface area contributed by atoms with Crippen molar-refractivity contribution in [1.29, 1.82) is 0 Å². The van der Waals surface area contributed by atoms with Crippen LogP contribution in [0.4, 0.5) is 0 Å². The van der Waals surface area contributed by atoms with Crippen LogP contribution in [0.3, 0.4) is 0 Å². The Labute approximate surface area is 115 Å². The molecule has 2 heteroatoms. The van der Waals surface area contributed by atoms with Crippen molar-refractivity contribution in [3.8, 4) is 11.5 Å². The highest BCUT2D eigenvalue weighted by Crippen LogP contribution is 2.29. The second-order valence-electron chi connectivity index (χ2n) is 4.64. The Hall–Kier alpha value is -1.96. The molecule has 0 bridgehead atoms. The van der Waals surface area contributed by atoms with E-state index in [4.69, 9.17) is 9.47 Å². The fourth-order valence-corrected chi connectivity index (χ4v) is 2.10. The molecule has 99 valence electrons. The summed E-state index contributed by atoms with van der Waals surface area (Å²) in [4.78, 5) is 0. The summed E-state index contributed by atoms with van der Waals surface area (Å²) in [6.07, 6.45) is 2.09. The minimum atomic E-state index is 0.870. The molecule has 19 heavy (non-hydrogen) atoms. The summed E-state index contributed by atoms with van der Waals surface area (Å²) in [6, 6.07) is 12.3. The van der Waals surface area contributed by atoms with Crippen molar-refractivity contribution in [3.63, 3.8) is 0 Å². The highest BCUT2D eigenvalue weighted by molar-refractivity contribution is 5.52. The summed E-state index contributed by atoms with van der Waals surface area (Å²) in [5, 5.41) is 0. The van der Waals surface area contributed by atoms with Gasteiger partial charge in [-0.2, -0.15) is 0 Å². The van der Waals surface area contributed by atoms with E-state index in [0.29, 0.717) is 0 Å². The molecule has 0 heterocycles. The normalized spacial score (nSPS) is 10.3. The van der Waals surface area contributed by atoms with Gasteiger partial charge in [0, 0.05) is 17.5 Å². The third-order valence-corrected chi connectivity index (χ3v) is 3.08. The van der Waals surface area contributed by atoms with Crippen LogP contribution in [0.5, 0.6) is 11.5 Å². The van der Waals surface area contributed by atoms with Crippen LogP contribution in [0.15, 0.2) is 36.4 Å². The van der Waals surface area contributed by atoms with Gasteiger partial charge in [0.05, 0.1) is 14.2 Å². The predicted octanol–water partition coefficient (Wildman–Crippen LogP) is 3.92. The molecule has 0 saturated carbocycles. The van der Waals surface area contributed by atoms with Crippen molar-refractivity contribution in [1.82, 2.24) is 0 Å². The van der Waals surface area contributed by atoms with E-state index < -0.39 is 0 Å². The number of hydrogen-bond donors (Lipinski definition) is 0. The molecule has 0 aliphatic heterocycles. The number of aryl methyl sites for hydroxylation is 2. The zero-order valence-electron chi connectivity index (χ0n) is 11.9.